The highest BCUT2D eigenvalue weighted by atomic mass is 19.3. The molecule has 108 valence electrons. The molecule has 1 aromatic heterocycles. The van der Waals surface area contributed by atoms with Crippen LogP contribution in [0.15, 0.2) is 4.42 Å². The van der Waals surface area contributed by atoms with Gasteiger partial charge in [0, 0.05) is 19.3 Å². The topological polar surface area (TPSA) is 85.5 Å². The van der Waals surface area contributed by atoms with E-state index in [2.05, 4.69) is 10.2 Å². The molecule has 1 aromatic rings. The number of aromatic nitrogens is 2. The maximum absolute atomic E-state index is 11.8. The zero-order valence-corrected chi connectivity index (χ0v) is 10.3. The van der Waals surface area contributed by atoms with Crippen molar-refractivity contribution in [1.82, 2.24) is 10.2 Å². The summed E-state index contributed by atoms with van der Waals surface area (Å²) < 4.78 is 33.5. The van der Waals surface area contributed by atoms with E-state index in [1.807, 2.05) is 0 Å². The summed E-state index contributed by atoms with van der Waals surface area (Å²) >= 11 is 0. The summed E-state index contributed by atoms with van der Waals surface area (Å²) in [6.45, 7) is -0.499. The molecule has 0 fully saturated rings. The van der Waals surface area contributed by atoms with E-state index in [1.165, 1.54) is 0 Å². The number of carboxylic acid groups (broad SMARTS) is 1. The van der Waals surface area contributed by atoms with E-state index in [1.54, 1.807) is 0 Å². The van der Waals surface area contributed by atoms with E-state index in [4.69, 9.17) is 14.3 Å². The minimum Gasteiger partial charge on any atom is -0.481 e. The van der Waals surface area contributed by atoms with Crippen molar-refractivity contribution in [3.05, 3.63) is 11.8 Å². The van der Waals surface area contributed by atoms with Crippen LogP contribution in [0.4, 0.5) is 8.78 Å². The molecule has 0 saturated carbocycles. The third-order valence-electron chi connectivity index (χ3n) is 2.24. The van der Waals surface area contributed by atoms with Gasteiger partial charge in [0.2, 0.25) is 11.8 Å². The van der Waals surface area contributed by atoms with Gasteiger partial charge in [-0.15, -0.1) is 10.2 Å². The van der Waals surface area contributed by atoms with Crippen molar-refractivity contribution in [2.45, 2.75) is 38.5 Å². The van der Waals surface area contributed by atoms with Crippen LogP contribution in [-0.2, 0) is 22.4 Å². The second-order valence-electron chi connectivity index (χ2n) is 3.91. The van der Waals surface area contributed by atoms with Crippen LogP contribution in [0.25, 0.3) is 0 Å². The van der Waals surface area contributed by atoms with E-state index >= 15 is 0 Å². The second kappa shape index (κ2) is 8.52. The fraction of sp³-hybridized carbons (Fsp3) is 0.727. The molecule has 0 atom stereocenters. The first kappa shape index (κ1) is 15.5. The van der Waals surface area contributed by atoms with Gasteiger partial charge in [-0.2, -0.15) is 0 Å². The van der Waals surface area contributed by atoms with Crippen molar-refractivity contribution in [3.63, 3.8) is 0 Å². The molecule has 0 aliphatic carbocycles. The molecular weight excluding hydrogens is 262 g/mol. The van der Waals surface area contributed by atoms with Gasteiger partial charge in [-0.05, 0) is 12.8 Å². The Bertz CT molecular complexity index is 385. The molecule has 0 bridgehead atoms. The number of aryl methyl sites for hydroxylation is 1. The third-order valence-corrected chi connectivity index (χ3v) is 2.24. The van der Waals surface area contributed by atoms with Gasteiger partial charge in [-0.3, -0.25) is 4.79 Å². The first-order chi connectivity index (χ1) is 9.08. The van der Waals surface area contributed by atoms with Crippen LogP contribution in [0.5, 0.6) is 0 Å². The lowest BCUT2D eigenvalue weighted by atomic mass is 10.2. The van der Waals surface area contributed by atoms with Crippen molar-refractivity contribution in [2.75, 3.05) is 13.2 Å². The SMILES string of the molecule is O=C(O)CCCCc1nnc(CCOCC(F)F)o1. The largest absolute Gasteiger partial charge is 0.481 e. The predicted octanol–water partition coefficient (Wildman–Crippen LogP) is 1.69. The third kappa shape index (κ3) is 7.45. The molecular formula is C11H16F2N2O4. The Morgan fingerprint density at radius 1 is 1.26 bits per heavy atom. The summed E-state index contributed by atoms with van der Waals surface area (Å²) in [4.78, 5) is 10.3. The van der Waals surface area contributed by atoms with E-state index in [0.29, 0.717) is 31.0 Å². The Hall–Kier alpha value is -1.57. The zero-order valence-electron chi connectivity index (χ0n) is 10.3. The van der Waals surface area contributed by atoms with Crippen molar-refractivity contribution in [3.8, 4) is 0 Å². The molecule has 19 heavy (non-hydrogen) atoms. The van der Waals surface area contributed by atoms with E-state index in [9.17, 15) is 13.6 Å². The lowest BCUT2D eigenvalue weighted by Gasteiger charge is -2.00. The Balaban J connectivity index is 2.15. The number of halogens is 2. The van der Waals surface area contributed by atoms with E-state index < -0.39 is 19.0 Å². The first-order valence-corrected chi connectivity index (χ1v) is 5.97. The minimum absolute atomic E-state index is 0.102. The number of unbranched alkanes of at least 4 members (excludes halogenated alkanes) is 1. The predicted molar refractivity (Wildman–Crippen MR) is 60.0 cm³/mol. The average molecular weight is 278 g/mol. The number of carboxylic acids is 1. The lowest BCUT2D eigenvalue weighted by molar-refractivity contribution is -0.137. The summed E-state index contributed by atoms with van der Waals surface area (Å²) in [6.07, 6.45) is -0.372. The van der Waals surface area contributed by atoms with Gasteiger partial charge in [-0.25, -0.2) is 8.78 Å². The molecule has 0 saturated heterocycles. The average Bonchev–Trinajstić information content (AvgIpc) is 2.78. The maximum atomic E-state index is 11.8. The summed E-state index contributed by atoms with van der Waals surface area (Å²) in [5.74, 6) is -0.0702. The van der Waals surface area contributed by atoms with Gasteiger partial charge in [0.1, 0.15) is 6.61 Å². The van der Waals surface area contributed by atoms with Crippen LogP contribution in [0.3, 0.4) is 0 Å². The van der Waals surface area contributed by atoms with Crippen LogP contribution in [0.1, 0.15) is 31.0 Å². The number of aliphatic carboxylic acids is 1. The zero-order chi connectivity index (χ0) is 14.1. The van der Waals surface area contributed by atoms with Gasteiger partial charge in [0.25, 0.3) is 6.43 Å². The second-order valence-corrected chi connectivity index (χ2v) is 3.91. The quantitative estimate of drug-likeness (QED) is 0.655. The number of hydrogen-bond donors (Lipinski definition) is 1. The van der Waals surface area contributed by atoms with Crippen LogP contribution < -0.4 is 0 Å². The van der Waals surface area contributed by atoms with Gasteiger partial charge < -0.3 is 14.3 Å². The smallest absolute Gasteiger partial charge is 0.303 e. The Morgan fingerprint density at radius 2 is 1.95 bits per heavy atom. The summed E-state index contributed by atoms with van der Waals surface area (Å²) in [7, 11) is 0. The van der Waals surface area contributed by atoms with Crippen LogP contribution in [0.2, 0.25) is 0 Å². The highest BCUT2D eigenvalue weighted by Gasteiger charge is 2.07. The standard InChI is InChI=1S/C11H16F2N2O4/c12-8(13)7-18-6-5-10-15-14-9(19-10)3-1-2-4-11(16)17/h8H,1-7H2,(H,16,17). The highest BCUT2D eigenvalue weighted by molar-refractivity contribution is 5.66. The minimum atomic E-state index is -2.48. The number of ether oxygens (including phenoxy) is 1. The molecule has 0 amide bonds. The molecule has 1 heterocycles. The Labute approximate surface area is 108 Å². The van der Waals surface area contributed by atoms with Crippen LogP contribution >= 0.6 is 0 Å². The van der Waals surface area contributed by atoms with Crippen molar-refractivity contribution < 1.29 is 27.8 Å². The van der Waals surface area contributed by atoms with E-state index in [0.717, 1.165) is 0 Å². The molecule has 0 aromatic carbocycles. The summed E-state index contributed by atoms with van der Waals surface area (Å²) in [6, 6.07) is 0. The van der Waals surface area contributed by atoms with Crippen molar-refractivity contribution in [1.29, 1.82) is 0 Å². The molecule has 8 heteroatoms. The van der Waals surface area contributed by atoms with Gasteiger partial charge in [-0.1, -0.05) is 0 Å². The molecule has 1 rings (SSSR count). The van der Waals surface area contributed by atoms with Crippen molar-refractivity contribution >= 4 is 5.97 Å². The highest BCUT2D eigenvalue weighted by Crippen LogP contribution is 2.07. The van der Waals surface area contributed by atoms with Crippen molar-refractivity contribution in [2.24, 2.45) is 0 Å². The summed E-state index contributed by atoms with van der Waals surface area (Å²) in [5.41, 5.74) is 0. The Kier molecular flexibility index (Phi) is 6.94. The van der Waals surface area contributed by atoms with Gasteiger partial charge in [0.05, 0.1) is 6.61 Å². The number of rotatable bonds is 10. The Morgan fingerprint density at radius 3 is 2.58 bits per heavy atom. The number of carbonyl (C=O) groups is 1. The summed E-state index contributed by atoms with van der Waals surface area (Å²) in [5, 5.41) is 16.0. The number of alkyl halides is 2. The lowest BCUT2D eigenvalue weighted by Crippen LogP contribution is -2.07. The molecule has 0 aliphatic heterocycles. The fourth-order valence-electron chi connectivity index (χ4n) is 1.37. The molecule has 0 radical (unpaired) electrons. The molecule has 6 nitrogen and oxygen atoms in total. The maximum Gasteiger partial charge on any atom is 0.303 e. The van der Waals surface area contributed by atoms with Gasteiger partial charge in [0.15, 0.2) is 0 Å². The molecule has 0 spiro atoms. The molecule has 0 unspecified atom stereocenters. The van der Waals surface area contributed by atoms with Crippen LogP contribution in [-0.4, -0.2) is 40.9 Å². The van der Waals surface area contributed by atoms with Crippen LogP contribution in [0, 0.1) is 0 Å². The molecule has 0 aliphatic rings. The van der Waals surface area contributed by atoms with Gasteiger partial charge >= 0.3 is 5.97 Å². The molecule has 1 N–H and O–H groups in total. The first-order valence-electron chi connectivity index (χ1n) is 5.97. The number of hydrogen-bond acceptors (Lipinski definition) is 5. The fourth-order valence-corrected chi connectivity index (χ4v) is 1.37. The van der Waals surface area contributed by atoms with E-state index in [-0.39, 0.29) is 19.4 Å². The number of nitrogens with zero attached hydrogens (tertiary/aromatic N) is 2. The normalized spacial score (nSPS) is 11.1. The monoisotopic (exact) mass is 278 g/mol.